The fraction of sp³-hybridized carbons (Fsp3) is 0. The van der Waals surface area contributed by atoms with Gasteiger partial charge in [-0.1, -0.05) is 42.5 Å². The van der Waals surface area contributed by atoms with Gasteiger partial charge in [-0.25, -0.2) is 4.79 Å². The van der Waals surface area contributed by atoms with Crippen molar-refractivity contribution in [3.05, 3.63) is 60.2 Å². The van der Waals surface area contributed by atoms with Gasteiger partial charge in [-0.2, -0.15) is 0 Å². The minimum absolute atomic E-state index is 0. The zero-order valence-corrected chi connectivity index (χ0v) is 9.84. The largest absolute Gasteiger partial charge is 0.478 e. The Morgan fingerprint density at radius 3 is 1.81 bits per heavy atom. The Labute approximate surface area is 109 Å². The van der Waals surface area contributed by atoms with Crippen molar-refractivity contribution in [1.82, 2.24) is 0 Å². The molecule has 0 saturated carbocycles. The van der Waals surface area contributed by atoms with Gasteiger partial charge in [0, 0.05) is 22.4 Å². The monoisotopic (exact) mass is 305 g/mol. The van der Waals surface area contributed by atoms with Crippen LogP contribution in [0.3, 0.4) is 0 Å². The molecule has 85 valence electrons. The molecule has 0 unspecified atom stereocenters. The summed E-state index contributed by atoms with van der Waals surface area (Å²) in [5.74, 6) is -0.894. The van der Waals surface area contributed by atoms with Crippen LogP contribution in [0.1, 0.15) is 10.4 Å². The Bertz CT molecular complexity index is 463. The summed E-state index contributed by atoms with van der Waals surface area (Å²) in [5, 5.41) is 8.75. The molecule has 2 rings (SSSR count). The Kier molecular flexibility index (Phi) is 4.50. The number of aromatic carboxylic acids is 1. The van der Waals surface area contributed by atoms with Crippen LogP contribution in [-0.4, -0.2) is 11.1 Å². The molecule has 0 atom stereocenters. The van der Waals surface area contributed by atoms with Gasteiger partial charge < -0.3 is 5.11 Å². The topological polar surface area (TPSA) is 37.3 Å². The average Bonchev–Trinajstić information content (AvgIpc) is 2.30. The smallest absolute Gasteiger partial charge is 0.335 e. The summed E-state index contributed by atoms with van der Waals surface area (Å²) in [5.41, 5.74) is 2.43. The maximum absolute atomic E-state index is 10.6. The van der Waals surface area contributed by atoms with E-state index in [4.69, 9.17) is 5.11 Å². The standard InChI is InChI=1S/C13H10O2.Ag/c14-13(15)12-8-6-11(7-9-12)10-4-2-1-3-5-10;/h1-9H,(H,14,15);. The first-order valence-corrected chi connectivity index (χ1v) is 4.66. The third-order valence-corrected chi connectivity index (χ3v) is 2.24. The molecule has 1 N–H and O–H groups in total. The minimum atomic E-state index is -0.894. The van der Waals surface area contributed by atoms with Gasteiger partial charge in [-0.05, 0) is 23.3 Å². The van der Waals surface area contributed by atoms with Crippen LogP contribution >= 0.6 is 0 Å². The fourth-order valence-electron chi connectivity index (χ4n) is 1.44. The van der Waals surface area contributed by atoms with Crippen LogP contribution in [0.2, 0.25) is 0 Å². The van der Waals surface area contributed by atoms with Crippen molar-refractivity contribution in [2.75, 3.05) is 0 Å². The first-order valence-electron chi connectivity index (χ1n) is 4.66. The zero-order chi connectivity index (χ0) is 10.7. The van der Waals surface area contributed by atoms with E-state index in [0.717, 1.165) is 11.1 Å². The predicted molar refractivity (Wildman–Crippen MR) is 58.8 cm³/mol. The second-order valence-electron chi connectivity index (χ2n) is 3.25. The van der Waals surface area contributed by atoms with Gasteiger partial charge in [0.1, 0.15) is 0 Å². The van der Waals surface area contributed by atoms with E-state index in [0.29, 0.717) is 5.56 Å². The Balaban J connectivity index is 0.00000128. The van der Waals surface area contributed by atoms with Gasteiger partial charge in [-0.15, -0.1) is 0 Å². The molecular weight excluding hydrogens is 296 g/mol. The number of hydrogen-bond donors (Lipinski definition) is 1. The quantitative estimate of drug-likeness (QED) is 0.866. The molecule has 3 heteroatoms. The van der Waals surface area contributed by atoms with Crippen molar-refractivity contribution < 1.29 is 32.3 Å². The van der Waals surface area contributed by atoms with Crippen LogP contribution in [0, 0.1) is 0 Å². The molecule has 0 fully saturated rings. The summed E-state index contributed by atoms with van der Waals surface area (Å²) in [6.45, 7) is 0. The summed E-state index contributed by atoms with van der Waals surface area (Å²) >= 11 is 0. The number of carbonyl (C=O) groups is 1. The van der Waals surface area contributed by atoms with E-state index in [2.05, 4.69) is 0 Å². The summed E-state index contributed by atoms with van der Waals surface area (Å²) in [4.78, 5) is 10.6. The van der Waals surface area contributed by atoms with Crippen molar-refractivity contribution >= 4 is 5.97 Å². The van der Waals surface area contributed by atoms with Crippen LogP contribution in [-0.2, 0) is 22.4 Å². The third kappa shape index (κ3) is 2.83. The molecule has 1 radical (unpaired) electrons. The van der Waals surface area contributed by atoms with Gasteiger partial charge >= 0.3 is 5.97 Å². The maximum Gasteiger partial charge on any atom is 0.335 e. The zero-order valence-electron chi connectivity index (χ0n) is 8.35. The van der Waals surface area contributed by atoms with Gasteiger partial charge in [-0.3, -0.25) is 0 Å². The molecule has 0 saturated heterocycles. The summed E-state index contributed by atoms with van der Waals surface area (Å²) < 4.78 is 0. The van der Waals surface area contributed by atoms with Crippen LogP contribution in [0.25, 0.3) is 11.1 Å². The van der Waals surface area contributed by atoms with Crippen molar-refractivity contribution in [2.24, 2.45) is 0 Å². The van der Waals surface area contributed by atoms with Crippen molar-refractivity contribution in [1.29, 1.82) is 0 Å². The molecule has 2 nitrogen and oxygen atoms in total. The van der Waals surface area contributed by atoms with E-state index in [1.165, 1.54) is 0 Å². The Hall–Kier alpha value is -1.35. The first-order chi connectivity index (χ1) is 7.27. The second kappa shape index (κ2) is 5.66. The number of benzene rings is 2. The minimum Gasteiger partial charge on any atom is -0.478 e. The molecular formula is C13H10AgO2. The SMILES string of the molecule is O=C(O)c1ccc(-c2ccccc2)cc1.[Ag]. The third-order valence-electron chi connectivity index (χ3n) is 2.24. The van der Waals surface area contributed by atoms with Gasteiger partial charge in [0.05, 0.1) is 5.56 Å². The second-order valence-corrected chi connectivity index (χ2v) is 3.25. The van der Waals surface area contributed by atoms with E-state index in [1.807, 2.05) is 42.5 Å². The van der Waals surface area contributed by atoms with E-state index < -0.39 is 5.97 Å². The van der Waals surface area contributed by atoms with Crippen LogP contribution in [0.4, 0.5) is 0 Å². The van der Waals surface area contributed by atoms with E-state index >= 15 is 0 Å². The molecule has 2 aromatic rings. The van der Waals surface area contributed by atoms with Gasteiger partial charge in [0.2, 0.25) is 0 Å². The molecule has 0 amide bonds. The molecule has 0 aliphatic carbocycles. The van der Waals surface area contributed by atoms with E-state index in [1.54, 1.807) is 12.1 Å². The molecule has 0 aromatic heterocycles. The van der Waals surface area contributed by atoms with Crippen molar-refractivity contribution in [2.45, 2.75) is 0 Å². The summed E-state index contributed by atoms with van der Waals surface area (Å²) in [6.07, 6.45) is 0. The average molecular weight is 306 g/mol. The van der Waals surface area contributed by atoms with Crippen molar-refractivity contribution in [3.8, 4) is 11.1 Å². The molecule has 0 spiro atoms. The molecule has 2 aromatic carbocycles. The molecule has 0 aliphatic heterocycles. The van der Waals surface area contributed by atoms with Crippen LogP contribution in [0.5, 0.6) is 0 Å². The summed E-state index contributed by atoms with van der Waals surface area (Å²) in [7, 11) is 0. The predicted octanol–water partition coefficient (Wildman–Crippen LogP) is 3.05. The normalized spacial score (nSPS) is 9.25. The van der Waals surface area contributed by atoms with Crippen molar-refractivity contribution in [3.63, 3.8) is 0 Å². The Morgan fingerprint density at radius 1 is 0.812 bits per heavy atom. The molecule has 0 heterocycles. The van der Waals surface area contributed by atoms with E-state index in [-0.39, 0.29) is 22.4 Å². The first kappa shape index (κ1) is 12.7. The van der Waals surface area contributed by atoms with Crippen LogP contribution in [0.15, 0.2) is 54.6 Å². The summed E-state index contributed by atoms with van der Waals surface area (Å²) in [6, 6.07) is 16.7. The van der Waals surface area contributed by atoms with Gasteiger partial charge in [0.25, 0.3) is 0 Å². The van der Waals surface area contributed by atoms with E-state index in [9.17, 15) is 4.79 Å². The maximum atomic E-state index is 10.6. The molecule has 16 heavy (non-hydrogen) atoms. The fourth-order valence-corrected chi connectivity index (χ4v) is 1.44. The van der Waals surface area contributed by atoms with Gasteiger partial charge in [0.15, 0.2) is 0 Å². The molecule has 0 bridgehead atoms. The number of rotatable bonds is 2. The molecule has 0 aliphatic rings. The van der Waals surface area contributed by atoms with Crippen LogP contribution < -0.4 is 0 Å². The number of hydrogen-bond acceptors (Lipinski definition) is 1. The number of carboxylic acids is 1. The Morgan fingerprint density at radius 2 is 1.31 bits per heavy atom. The number of carboxylic acid groups (broad SMARTS) is 1.